The van der Waals surface area contributed by atoms with Crippen molar-refractivity contribution in [3.63, 3.8) is 0 Å². The standard InChI is InChI=1S/C8H20O4Si.C6H14O3Si/c1-5-9-13(10-6-2,11-7-3)12-8-4;1-4-5-6-9-10(7-2)8-3/h5-8H2,1-4H3;5-6,10H,4H2,1-3H3. The van der Waals surface area contributed by atoms with Gasteiger partial charge >= 0.3 is 18.6 Å². The first-order chi connectivity index (χ1) is 11.1. The van der Waals surface area contributed by atoms with Crippen LogP contribution in [0.3, 0.4) is 0 Å². The summed E-state index contributed by atoms with van der Waals surface area (Å²) in [6, 6.07) is 0. The largest absolute Gasteiger partial charge is 0.679 e. The van der Waals surface area contributed by atoms with Crippen LogP contribution < -0.4 is 0 Å². The van der Waals surface area contributed by atoms with Gasteiger partial charge in [0.1, 0.15) is 0 Å². The fraction of sp³-hybridized carbons (Fsp3) is 0.857. The summed E-state index contributed by atoms with van der Waals surface area (Å²) in [6.45, 7) is 11.8. The summed E-state index contributed by atoms with van der Waals surface area (Å²) in [5.41, 5.74) is 0. The number of allylic oxidation sites excluding steroid dienone is 1. The van der Waals surface area contributed by atoms with Crippen molar-refractivity contribution in [2.75, 3.05) is 40.6 Å². The first-order valence-electron chi connectivity index (χ1n) is 8.01. The molecule has 0 bridgehead atoms. The summed E-state index contributed by atoms with van der Waals surface area (Å²) >= 11 is 0. The fourth-order valence-corrected chi connectivity index (χ4v) is 3.95. The normalized spacial score (nSPS) is 11.7. The minimum absolute atomic E-state index is 0.548. The Labute approximate surface area is 144 Å². The summed E-state index contributed by atoms with van der Waals surface area (Å²) in [5, 5.41) is 0. The van der Waals surface area contributed by atoms with Crippen LogP contribution in [0.4, 0.5) is 0 Å². The van der Waals surface area contributed by atoms with Gasteiger partial charge in [-0.05, 0) is 34.1 Å². The van der Waals surface area contributed by atoms with Gasteiger partial charge in [0, 0.05) is 40.6 Å². The van der Waals surface area contributed by atoms with E-state index in [1.54, 1.807) is 20.5 Å². The van der Waals surface area contributed by atoms with Gasteiger partial charge in [-0.25, -0.2) is 0 Å². The van der Waals surface area contributed by atoms with Crippen molar-refractivity contribution in [2.45, 2.75) is 41.0 Å². The van der Waals surface area contributed by atoms with E-state index < -0.39 is 18.6 Å². The van der Waals surface area contributed by atoms with Crippen LogP contribution in [0.15, 0.2) is 12.3 Å². The molecule has 0 aromatic rings. The van der Waals surface area contributed by atoms with E-state index in [-0.39, 0.29) is 0 Å². The third-order valence-electron chi connectivity index (χ3n) is 2.19. The van der Waals surface area contributed by atoms with E-state index in [4.69, 9.17) is 31.0 Å². The SMILES string of the molecule is CCC=CO[SiH](OC)OC.CCO[Si](OCC)(OCC)OCC. The Morgan fingerprint density at radius 2 is 1.13 bits per heavy atom. The molecule has 23 heavy (non-hydrogen) atoms. The second kappa shape index (κ2) is 18.1. The molecule has 0 spiro atoms. The van der Waals surface area contributed by atoms with Crippen molar-refractivity contribution in [1.29, 1.82) is 0 Å². The average molecular weight is 371 g/mol. The van der Waals surface area contributed by atoms with Crippen molar-refractivity contribution in [1.82, 2.24) is 0 Å². The summed E-state index contributed by atoms with van der Waals surface area (Å²) < 4.78 is 36.6. The zero-order valence-electron chi connectivity index (χ0n) is 15.6. The van der Waals surface area contributed by atoms with Gasteiger partial charge in [0.15, 0.2) is 0 Å². The third kappa shape index (κ3) is 13.8. The minimum atomic E-state index is -2.80. The quantitative estimate of drug-likeness (QED) is 0.364. The number of hydrogen-bond acceptors (Lipinski definition) is 7. The molecule has 0 aliphatic carbocycles. The molecule has 0 unspecified atom stereocenters. The Hall–Kier alpha value is -0.266. The first-order valence-corrected chi connectivity index (χ1v) is 11.1. The fourth-order valence-electron chi connectivity index (χ4n) is 1.38. The van der Waals surface area contributed by atoms with Crippen LogP contribution in [-0.4, -0.2) is 59.2 Å². The third-order valence-corrected chi connectivity index (χ3v) is 5.91. The molecule has 0 aliphatic rings. The van der Waals surface area contributed by atoms with E-state index in [9.17, 15) is 0 Å². The lowest BCUT2D eigenvalue weighted by molar-refractivity contribution is -0.0247. The molecule has 0 amide bonds. The van der Waals surface area contributed by atoms with Crippen LogP contribution in [-0.2, 0) is 31.0 Å². The Kier molecular flexibility index (Phi) is 19.6. The highest BCUT2D eigenvalue weighted by atomic mass is 28.4. The molecule has 0 N–H and O–H groups in total. The van der Waals surface area contributed by atoms with Gasteiger partial charge in [0.05, 0.1) is 6.26 Å². The van der Waals surface area contributed by atoms with E-state index in [1.165, 1.54) is 0 Å². The van der Waals surface area contributed by atoms with Crippen LogP contribution in [0, 0.1) is 0 Å². The highest BCUT2D eigenvalue weighted by Crippen LogP contribution is 2.11. The molecule has 0 aliphatic heterocycles. The summed E-state index contributed by atoms with van der Waals surface area (Å²) in [5.74, 6) is 0. The van der Waals surface area contributed by atoms with Gasteiger partial charge in [-0.15, -0.1) is 0 Å². The van der Waals surface area contributed by atoms with Crippen molar-refractivity contribution >= 4 is 18.6 Å². The molecular formula is C14H34O7Si2. The molecular weight excluding hydrogens is 336 g/mol. The van der Waals surface area contributed by atoms with Gasteiger partial charge in [0.25, 0.3) is 0 Å². The molecule has 140 valence electrons. The van der Waals surface area contributed by atoms with Crippen molar-refractivity contribution in [3.8, 4) is 0 Å². The second-order valence-corrected chi connectivity index (χ2v) is 7.86. The maximum Gasteiger partial charge on any atom is 0.679 e. The molecule has 7 nitrogen and oxygen atoms in total. The number of rotatable bonds is 13. The van der Waals surface area contributed by atoms with E-state index in [0.29, 0.717) is 26.4 Å². The highest BCUT2D eigenvalue weighted by Gasteiger charge is 2.44. The molecule has 0 rings (SSSR count). The molecule has 0 aromatic heterocycles. The van der Waals surface area contributed by atoms with Crippen LogP contribution in [0.2, 0.25) is 0 Å². The Balaban J connectivity index is 0. The zero-order valence-corrected chi connectivity index (χ0v) is 17.8. The molecule has 0 radical (unpaired) electrons. The molecule has 9 heteroatoms. The van der Waals surface area contributed by atoms with Gasteiger partial charge in [-0.1, -0.05) is 13.0 Å². The minimum Gasteiger partial charge on any atom is -0.510 e. The van der Waals surface area contributed by atoms with E-state index in [0.717, 1.165) is 6.42 Å². The van der Waals surface area contributed by atoms with Gasteiger partial charge in [-0.3, -0.25) is 0 Å². The van der Waals surface area contributed by atoms with Gasteiger partial charge in [0.2, 0.25) is 0 Å². The van der Waals surface area contributed by atoms with Crippen LogP contribution in [0.5, 0.6) is 0 Å². The number of hydrogen-bond donors (Lipinski definition) is 0. The van der Waals surface area contributed by atoms with E-state index in [1.807, 2.05) is 40.7 Å². The summed E-state index contributed by atoms with van der Waals surface area (Å²) in [6.07, 6.45) is 4.51. The van der Waals surface area contributed by atoms with E-state index >= 15 is 0 Å². The highest BCUT2D eigenvalue weighted by molar-refractivity contribution is 6.53. The van der Waals surface area contributed by atoms with Crippen LogP contribution in [0.25, 0.3) is 0 Å². The molecule has 0 fully saturated rings. The Bertz CT molecular complexity index is 234. The molecule has 0 saturated carbocycles. The molecule has 0 aromatic carbocycles. The smallest absolute Gasteiger partial charge is 0.510 e. The van der Waals surface area contributed by atoms with E-state index in [2.05, 4.69) is 0 Å². The predicted octanol–water partition coefficient (Wildman–Crippen LogP) is 2.50. The van der Waals surface area contributed by atoms with Crippen LogP contribution >= 0.6 is 0 Å². The van der Waals surface area contributed by atoms with Crippen LogP contribution in [0.1, 0.15) is 41.0 Å². The lowest BCUT2D eigenvalue weighted by Crippen LogP contribution is -2.49. The molecule has 0 heterocycles. The Morgan fingerprint density at radius 3 is 1.39 bits per heavy atom. The maximum absolute atomic E-state index is 5.42. The Morgan fingerprint density at radius 1 is 0.739 bits per heavy atom. The summed E-state index contributed by atoms with van der Waals surface area (Å²) in [4.78, 5) is 0. The summed E-state index contributed by atoms with van der Waals surface area (Å²) in [7, 11) is -1.44. The van der Waals surface area contributed by atoms with Crippen molar-refractivity contribution < 1.29 is 31.0 Å². The lowest BCUT2D eigenvalue weighted by atomic mass is 10.5. The van der Waals surface area contributed by atoms with Crippen molar-refractivity contribution in [2.24, 2.45) is 0 Å². The lowest BCUT2D eigenvalue weighted by Gasteiger charge is -2.26. The molecule has 0 atom stereocenters. The van der Waals surface area contributed by atoms with Crippen molar-refractivity contribution in [3.05, 3.63) is 12.3 Å². The second-order valence-electron chi connectivity index (χ2n) is 3.91. The monoisotopic (exact) mass is 370 g/mol. The molecule has 0 saturated heterocycles. The zero-order chi connectivity index (χ0) is 18.0. The average Bonchev–Trinajstić information content (AvgIpc) is 2.53. The maximum atomic E-state index is 5.42. The topological polar surface area (TPSA) is 64.6 Å². The van der Waals surface area contributed by atoms with Gasteiger partial charge < -0.3 is 31.0 Å². The predicted molar refractivity (Wildman–Crippen MR) is 93.9 cm³/mol. The first kappa shape index (κ1) is 25.0. The van der Waals surface area contributed by atoms with Gasteiger partial charge in [-0.2, -0.15) is 0 Å².